The van der Waals surface area contributed by atoms with E-state index in [4.69, 9.17) is 9.15 Å². The van der Waals surface area contributed by atoms with E-state index in [1.165, 1.54) is 11.8 Å². The first-order valence-corrected chi connectivity index (χ1v) is 13.8. The van der Waals surface area contributed by atoms with Gasteiger partial charge < -0.3 is 14.5 Å². The van der Waals surface area contributed by atoms with Gasteiger partial charge in [0.1, 0.15) is 16.1 Å². The molecule has 0 radical (unpaired) electrons. The van der Waals surface area contributed by atoms with Crippen molar-refractivity contribution in [3.8, 4) is 0 Å². The molecule has 6 nitrogen and oxygen atoms in total. The molecule has 0 aliphatic rings. The zero-order valence-electron chi connectivity index (χ0n) is 23.6. The molecule has 1 heterocycles. The third-order valence-corrected chi connectivity index (χ3v) is 7.57. The van der Waals surface area contributed by atoms with Crippen molar-refractivity contribution in [2.24, 2.45) is 0 Å². The van der Waals surface area contributed by atoms with Crippen LogP contribution in [0.15, 0.2) is 70.2 Å². The SMILES string of the molecule is CCC(C)(Sc1ccc(CN(CC(=O)Nc2ccc(C)cc2C)Cc2ccco2)cc1)C(=O)OC(C)(C)C. The molecule has 1 amide bonds. The molecule has 0 saturated carbocycles. The third-order valence-electron chi connectivity index (χ3n) is 6.16. The van der Waals surface area contributed by atoms with E-state index < -0.39 is 10.3 Å². The lowest BCUT2D eigenvalue weighted by molar-refractivity contribution is -0.157. The van der Waals surface area contributed by atoms with Crippen LogP contribution in [0.1, 0.15) is 63.5 Å². The van der Waals surface area contributed by atoms with Gasteiger partial charge in [-0.3, -0.25) is 14.5 Å². The molecule has 0 bridgehead atoms. The minimum absolute atomic E-state index is 0.0771. The standard InChI is InChI=1S/C31H40N2O4S/c1-8-31(7,29(35)37-30(4,5)6)38-26-14-12-24(13-15-26)19-33(20-25-10-9-17-36-25)21-28(34)32-27-16-11-22(2)18-23(27)3/h9-18H,8,19-21H2,1-7H3,(H,32,34). The van der Waals surface area contributed by atoms with Gasteiger partial charge in [0.05, 0.1) is 19.4 Å². The Balaban J connectivity index is 1.69. The molecule has 1 atom stereocenters. The van der Waals surface area contributed by atoms with E-state index in [2.05, 4.69) is 16.3 Å². The Morgan fingerprint density at radius 1 is 1.00 bits per heavy atom. The van der Waals surface area contributed by atoms with Crippen molar-refractivity contribution in [3.05, 3.63) is 83.3 Å². The molecule has 0 aliphatic carbocycles. The molecule has 0 aliphatic heterocycles. The maximum Gasteiger partial charge on any atom is 0.322 e. The van der Waals surface area contributed by atoms with Crippen molar-refractivity contribution in [3.63, 3.8) is 0 Å². The fraction of sp³-hybridized carbons (Fsp3) is 0.419. The number of furan rings is 1. The van der Waals surface area contributed by atoms with Crippen LogP contribution in [0.5, 0.6) is 0 Å². The number of benzene rings is 2. The van der Waals surface area contributed by atoms with Crippen LogP contribution in [0.2, 0.25) is 0 Å². The lowest BCUT2D eigenvalue weighted by atomic mass is 10.1. The number of aryl methyl sites for hydroxylation is 2. The summed E-state index contributed by atoms with van der Waals surface area (Å²) in [6, 6.07) is 17.9. The number of rotatable bonds is 11. The van der Waals surface area contributed by atoms with Crippen LogP contribution in [0.25, 0.3) is 0 Å². The minimum atomic E-state index is -0.674. The summed E-state index contributed by atoms with van der Waals surface area (Å²) in [4.78, 5) is 28.9. The number of thioether (sulfide) groups is 1. The van der Waals surface area contributed by atoms with Gasteiger partial charge in [-0.2, -0.15) is 0 Å². The Kier molecular flexibility index (Phi) is 9.85. The molecule has 3 rings (SSSR count). The summed E-state index contributed by atoms with van der Waals surface area (Å²) in [5.74, 6) is 0.514. The van der Waals surface area contributed by atoms with Crippen molar-refractivity contribution in [1.82, 2.24) is 4.90 Å². The first-order valence-electron chi connectivity index (χ1n) is 13.0. The van der Waals surface area contributed by atoms with Crippen LogP contribution in [0.4, 0.5) is 5.69 Å². The number of ether oxygens (including phenoxy) is 1. The number of hydrogen-bond donors (Lipinski definition) is 1. The highest BCUT2D eigenvalue weighted by atomic mass is 32.2. The topological polar surface area (TPSA) is 71.8 Å². The number of hydrogen-bond acceptors (Lipinski definition) is 6. The summed E-state index contributed by atoms with van der Waals surface area (Å²) in [5, 5.41) is 3.04. The molecule has 2 aromatic carbocycles. The Labute approximate surface area is 231 Å². The van der Waals surface area contributed by atoms with Crippen molar-refractivity contribution in [1.29, 1.82) is 0 Å². The number of esters is 1. The van der Waals surface area contributed by atoms with Gasteiger partial charge in [0, 0.05) is 17.1 Å². The second-order valence-electron chi connectivity index (χ2n) is 10.9. The predicted octanol–water partition coefficient (Wildman–Crippen LogP) is 7.14. The summed E-state index contributed by atoms with van der Waals surface area (Å²) < 4.78 is 10.6. The average Bonchev–Trinajstić information content (AvgIpc) is 3.34. The van der Waals surface area contributed by atoms with Crippen LogP contribution >= 0.6 is 11.8 Å². The molecule has 3 aromatic rings. The van der Waals surface area contributed by atoms with Crippen LogP contribution in [-0.4, -0.2) is 33.7 Å². The van der Waals surface area contributed by atoms with Gasteiger partial charge in [-0.15, -0.1) is 11.8 Å². The first-order chi connectivity index (χ1) is 17.9. The molecule has 1 aromatic heterocycles. The number of amides is 1. The normalized spacial score (nSPS) is 13.3. The lowest BCUT2D eigenvalue weighted by Gasteiger charge is -2.30. The Morgan fingerprint density at radius 2 is 1.71 bits per heavy atom. The van der Waals surface area contributed by atoms with E-state index in [1.54, 1.807) is 6.26 Å². The highest BCUT2D eigenvalue weighted by Crippen LogP contribution is 2.37. The first kappa shape index (κ1) is 29.5. The Bertz CT molecular complexity index is 1220. The Morgan fingerprint density at radius 3 is 2.29 bits per heavy atom. The Hall–Kier alpha value is -3.03. The third kappa shape index (κ3) is 8.77. The van der Waals surface area contributed by atoms with Crippen molar-refractivity contribution in [2.75, 3.05) is 11.9 Å². The summed E-state index contributed by atoms with van der Waals surface area (Å²) >= 11 is 1.52. The van der Waals surface area contributed by atoms with Gasteiger partial charge >= 0.3 is 5.97 Å². The van der Waals surface area contributed by atoms with Crippen molar-refractivity contribution < 1.29 is 18.7 Å². The zero-order chi connectivity index (χ0) is 27.9. The number of carbonyl (C=O) groups is 2. The number of carbonyl (C=O) groups excluding carboxylic acids is 2. The minimum Gasteiger partial charge on any atom is -0.468 e. The second-order valence-corrected chi connectivity index (χ2v) is 12.5. The van der Waals surface area contributed by atoms with E-state index in [1.807, 2.05) is 97.0 Å². The van der Waals surface area contributed by atoms with E-state index in [0.717, 1.165) is 33.0 Å². The summed E-state index contributed by atoms with van der Waals surface area (Å²) in [7, 11) is 0. The van der Waals surface area contributed by atoms with Crippen LogP contribution in [0, 0.1) is 13.8 Å². The monoisotopic (exact) mass is 536 g/mol. The molecule has 0 spiro atoms. The van der Waals surface area contributed by atoms with E-state index in [0.29, 0.717) is 19.5 Å². The van der Waals surface area contributed by atoms with E-state index >= 15 is 0 Å². The summed E-state index contributed by atoms with van der Waals surface area (Å²) in [6.45, 7) is 14.9. The molecule has 204 valence electrons. The quantitative estimate of drug-likeness (QED) is 0.207. The average molecular weight is 537 g/mol. The predicted molar refractivity (Wildman–Crippen MR) is 154 cm³/mol. The molecular weight excluding hydrogens is 496 g/mol. The zero-order valence-corrected chi connectivity index (χ0v) is 24.4. The van der Waals surface area contributed by atoms with Crippen molar-refractivity contribution in [2.45, 2.75) is 83.2 Å². The molecule has 1 N–H and O–H groups in total. The van der Waals surface area contributed by atoms with Gasteiger partial charge in [-0.25, -0.2) is 0 Å². The largest absolute Gasteiger partial charge is 0.468 e. The highest BCUT2D eigenvalue weighted by molar-refractivity contribution is 8.01. The second kappa shape index (κ2) is 12.7. The summed E-state index contributed by atoms with van der Waals surface area (Å²) in [6.07, 6.45) is 2.30. The molecule has 1 unspecified atom stereocenters. The van der Waals surface area contributed by atoms with Gasteiger partial charge in [0.2, 0.25) is 5.91 Å². The number of nitrogens with zero attached hydrogens (tertiary/aromatic N) is 1. The fourth-order valence-electron chi connectivity index (χ4n) is 3.96. The molecule has 0 fully saturated rings. The van der Waals surface area contributed by atoms with E-state index in [9.17, 15) is 9.59 Å². The van der Waals surface area contributed by atoms with Crippen LogP contribution < -0.4 is 5.32 Å². The lowest BCUT2D eigenvalue weighted by Crippen LogP contribution is -2.38. The maximum absolute atomic E-state index is 13.0. The van der Waals surface area contributed by atoms with Gasteiger partial charge in [-0.05, 0) is 89.4 Å². The smallest absolute Gasteiger partial charge is 0.322 e. The van der Waals surface area contributed by atoms with Crippen molar-refractivity contribution >= 4 is 29.3 Å². The van der Waals surface area contributed by atoms with Gasteiger partial charge in [-0.1, -0.05) is 36.8 Å². The molecule has 7 heteroatoms. The van der Waals surface area contributed by atoms with Crippen LogP contribution in [0.3, 0.4) is 0 Å². The molecular formula is C31H40N2O4S. The fourth-order valence-corrected chi connectivity index (χ4v) is 5.02. The van der Waals surface area contributed by atoms with E-state index in [-0.39, 0.29) is 18.4 Å². The highest BCUT2D eigenvalue weighted by Gasteiger charge is 2.36. The van der Waals surface area contributed by atoms with Crippen LogP contribution in [-0.2, 0) is 27.4 Å². The van der Waals surface area contributed by atoms with Gasteiger partial charge in [0.15, 0.2) is 0 Å². The van der Waals surface area contributed by atoms with Gasteiger partial charge in [0.25, 0.3) is 0 Å². The maximum atomic E-state index is 13.0. The summed E-state index contributed by atoms with van der Waals surface area (Å²) in [5.41, 5.74) is 3.56. The number of anilines is 1. The molecule has 0 saturated heterocycles. The number of nitrogens with one attached hydrogen (secondary N) is 1. The molecule has 38 heavy (non-hydrogen) atoms.